The van der Waals surface area contributed by atoms with Crippen molar-refractivity contribution in [2.24, 2.45) is 17.8 Å². The first-order chi connectivity index (χ1) is 8.11. The lowest BCUT2D eigenvalue weighted by molar-refractivity contribution is -0.155. The van der Waals surface area contributed by atoms with Gasteiger partial charge >= 0.3 is 24.4 Å². The number of hydrogen-bond acceptors (Lipinski definition) is 6. The zero-order chi connectivity index (χ0) is 12.4. The molecule has 1 aliphatic heterocycles. The Morgan fingerprint density at radius 3 is 2.71 bits per heavy atom. The molecule has 92 valence electrons. The van der Waals surface area contributed by atoms with Crippen molar-refractivity contribution in [2.45, 2.75) is 25.7 Å². The van der Waals surface area contributed by atoms with Gasteiger partial charge in [-0.05, 0) is 25.2 Å². The summed E-state index contributed by atoms with van der Waals surface area (Å²) in [6.07, 6.45) is 1.76. The molecule has 1 saturated heterocycles. The molecule has 2 fully saturated rings. The molecule has 3 atom stereocenters. The van der Waals surface area contributed by atoms with Crippen LogP contribution in [0.2, 0.25) is 0 Å². The number of hydrogen-bond donors (Lipinski definition) is 0. The van der Waals surface area contributed by atoms with E-state index in [2.05, 4.69) is 9.47 Å². The lowest BCUT2D eigenvalue weighted by Crippen LogP contribution is -2.28. The van der Waals surface area contributed by atoms with Crippen LogP contribution in [-0.4, -0.2) is 24.4 Å². The quantitative estimate of drug-likeness (QED) is 0.397. The third-order valence-electron chi connectivity index (χ3n) is 3.40. The van der Waals surface area contributed by atoms with Crippen molar-refractivity contribution in [3.05, 3.63) is 0 Å². The van der Waals surface area contributed by atoms with Crippen molar-refractivity contribution in [3.63, 3.8) is 0 Å². The molecule has 0 aromatic heterocycles. The fraction of sp³-hybridized carbons (Fsp3) is 0.636. The minimum Gasteiger partial charge on any atom is -0.395 e. The Hall–Kier alpha value is -1.72. The molecule has 0 aromatic rings. The summed E-state index contributed by atoms with van der Waals surface area (Å²) >= 11 is 0. The minimum absolute atomic E-state index is 0.0258. The average Bonchev–Trinajstić information content (AvgIpc) is 2.55. The summed E-state index contributed by atoms with van der Waals surface area (Å²) in [6, 6.07) is 0. The molecule has 0 N–H and O–H groups in total. The Kier molecular flexibility index (Phi) is 3.21. The molecule has 6 nitrogen and oxygen atoms in total. The summed E-state index contributed by atoms with van der Waals surface area (Å²) in [5.41, 5.74) is 0. The number of carbonyl (C=O) groups excluding carboxylic acids is 4. The normalized spacial score (nSPS) is 31.6. The van der Waals surface area contributed by atoms with Crippen LogP contribution in [0, 0.1) is 17.8 Å². The Bertz CT molecular complexity index is 374. The van der Waals surface area contributed by atoms with E-state index < -0.39 is 23.8 Å². The van der Waals surface area contributed by atoms with Crippen LogP contribution in [0.3, 0.4) is 0 Å². The number of esters is 3. The van der Waals surface area contributed by atoms with E-state index >= 15 is 0 Å². The van der Waals surface area contributed by atoms with Gasteiger partial charge in [-0.3, -0.25) is 19.2 Å². The van der Waals surface area contributed by atoms with E-state index in [1.807, 2.05) is 0 Å². The molecule has 17 heavy (non-hydrogen) atoms. The van der Waals surface area contributed by atoms with Gasteiger partial charge in [0.25, 0.3) is 0 Å². The van der Waals surface area contributed by atoms with Crippen molar-refractivity contribution in [2.75, 3.05) is 0 Å². The highest BCUT2D eigenvalue weighted by Crippen LogP contribution is 2.40. The Balaban J connectivity index is 1.93. The van der Waals surface area contributed by atoms with Gasteiger partial charge in [0.2, 0.25) is 0 Å². The molecule has 0 bridgehead atoms. The van der Waals surface area contributed by atoms with Crippen molar-refractivity contribution < 1.29 is 28.7 Å². The van der Waals surface area contributed by atoms with E-state index in [0.717, 1.165) is 0 Å². The molecule has 2 aliphatic rings. The molecule has 0 radical (unpaired) electrons. The van der Waals surface area contributed by atoms with Crippen LogP contribution in [0.4, 0.5) is 0 Å². The lowest BCUT2D eigenvalue weighted by Gasteiger charge is -2.26. The number of cyclic esters (lactones) is 2. The number of rotatable bonds is 3. The molecule has 2 rings (SSSR count). The monoisotopic (exact) mass is 240 g/mol. The second-order valence-electron chi connectivity index (χ2n) is 4.42. The standard InChI is InChI=1S/C11H12O6/c12-5-16-9(13)4-6-1-2-7-8(3-6)11(15)17-10(7)14/h5-8H,1-4H2. The van der Waals surface area contributed by atoms with E-state index in [1.165, 1.54) is 0 Å². The zero-order valence-electron chi connectivity index (χ0n) is 9.09. The first-order valence-electron chi connectivity index (χ1n) is 5.50. The van der Waals surface area contributed by atoms with Gasteiger partial charge in [-0.25, -0.2) is 0 Å². The summed E-state index contributed by atoms with van der Waals surface area (Å²) in [5, 5.41) is 0. The zero-order valence-corrected chi connectivity index (χ0v) is 9.09. The van der Waals surface area contributed by atoms with E-state index in [4.69, 9.17) is 0 Å². The fourth-order valence-electron chi connectivity index (χ4n) is 2.57. The van der Waals surface area contributed by atoms with Gasteiger partial charge in [-0.15, -0.1) is 0 Å². The van der Waals surface area contributed by atoms with E-state index in [-0.39, 0.29) is 24.7 Å². The van der Waals surface area contributed by atoms with Crippen LogP contribution < -0.4 is 0 Å². The summed E-state index contributed by atoms with van der Waals surface area (Å²) in [7, 11) is 0. The van der Waals surface area contributed by atoms with Crippen LogP contribution in [-0.2, 0) is 28.7 Å². The second kappa shape index (κ2) is 4.65. The van der Waals surface area contributed by atoms with Gasteiger partial charge in [-0.2, -0.15) is 0 Å². The third-order valence-corrected chi connectivity index (χ3v) is 3.40. The Morgan fingerprint density at radius 1 is 1.29 bits per heavy atom. The highest BCUT2D eigenvalue weighted by Gasteiger charge is 2.47. The van der Waals surface area contributed by atoms with Gasteiger partial charge < -0.3 is 9.47 Å². The van der Waals surface area contributed by atoms with Gasteiger partial charge in [0.15, 0.2) is 0 Å². The molecule has 1 heterocycles. The second-order valence-corrected chi connectivity index (χ2v) is 4.42. The third kappa shape index (κ3) is 2.35. The smallest absolute Gasteiger partial charge is 0.317 e. The lowest BCUT2D eigenvalue weighted by atomic mass is 9.74. The Morgan fingerprint density at radius 2 is 2.00 bits per heavy atom. The summed E-state index contributed by atoms with van der Waals surface area (Å²) in [5.74, 6) is -2.34. The molecular formula is C11H12O6. The fourth-order valence-corrected chi connectivity index (χ4v) is 2.57. The summed E-state index contributed by atoms with van der Waals surface area (Å²) in [4.78, 5) is 43.7. The SMILES string of the molecule is O=COC(=O)CC1CCC2C(=O)OC(=O)C2C1. The van der Waals surface area contributed by atoms with Gasteiger partial charge in [0, 0.05) is 6.42 Å². The molecule has 0 aromatic carbocycles. The van der Waals surface area contributed by atoms with E-state index in [1.54, 1.807) is 0 Å². The predicted octanol–water partition coefficient (Wildman–Crippen LogP) is 0.192. The van der Waals surface area contributed by atoms with Gasteiger partial charge in [0.05, 0.1) is 11.8 Å². The minimum atomic E-state index is -0.596. The first kappa shape index (κ1) is 11.8. The highest BCUT2D eigenvalue weighted by atomic mass is 16.6. The summed E-state index contributed by atoms with van der Waals surface area (Å²) < 4.78 is 8.76. The molecule has 0 spiro atoms. The Labute approximate surface area is 97.3 Å². The molecule has 0 amide bonds. The molecule has 1 aliphatic carbocycles. The van der Waals surface area contributed by atoms with Crippen LogP contribution in [0.25, 0.3) is 0 Å². The van der Waals surface area contributed by atoms with Crippen LogP contribution in [0.15, 0.2) is 0 Å². The number of fused-ring (bicyclic) bond motifs is 1. The maximum Gasteiger partial charge on any atom is 0.317 e. The molecule has 3 unspecified atom stereocenters. The van der Waals surface area contributed by atoms with Crippen molar-refractivity contribution in [3.8, 4) is 0 Å². The number of ether oxygens (including phenoxy) is 2. The van der Waals surface area contributed by atoms with Crippen LogP contribution in [0.1, 0.15) is 25.7 Å². The highest BCUT2D eigenvalue weighted by molar-refractivity contribution is 5.96. The van der Waals surface area contributed by atoms with Crippen LogP contribution in [0.5, 0.6) is 0 Å². The molecule has 1 saturated carbocycles. The molecule has 6 heteroatoms. The van der Waals surface area contributed by atoms with Crippen molar-refractivity contribution in [1.29, 1.82) is 0 Å². The van der Waals surface area contributed by atoms with Gasteiger partial charge in [-0.1, -0.05) is 0 Å². The number of carbonyl (C=O) groups is 4. The van der Waals surface area contributed by atoms with Crippen molar-refractivity contribution in [1.82, 2.24) is 0 Å². The average molecular weight is 240 g/mol. The predicted molar refractivity (Wildman–Crippen MR) is 52.2 cm³/mol. The van der Waals surface area contributed by atoms with Crippen LogP contribution >= 0.6 is 0 Å². The van der Waals surface area contributed by atoms with Crippen molar-refractivity contribution >= 4 is 24.4 Å². The largest absolute Gasteiger partial charge is 0.395 e. The summed E-state index contributed by atoms with van der Waals surface area (Å²) in [6.45, 7) is 0.0985. The maximum absolute atomic E-state index is 11.4. The topological polar surface area (TPSA) is 86.7 Å². The van der Waals surface area contributed by atoms with E-state index in [9.17, 15) is 19.2 Å². The van der Waals surface area contributed by atoms with E-state index in [0.29, 0.717) is 19.3 Å². The first-order valence-corrected chi connectivity index (χ1v) is 5.50. The maximum atomic E-state index is 11.4. The molecular weight excluding hydrogens is 228 g/mol. The van der Waals surface area contributed by atoms with Gasteiger partial charge in [0.1, 0.15) is 0 Å².